The largest absolute Gasteiger partial charge is 0.487 e. The Labute approximate surface area is 214 Å². The van der Waals surface area contributed by atoms with E-state index >= 15 is 0 Å². The molecule has 4 rings (SSSR count). The van der Waals surface area contributed by atoms with Gasteiger partial charge in [0.05, 0.1) is 15.1 Å². The number of rotatable bonds is 6. The van der Waals surface area contributed by atoms with Gasteiger partial charge in [-0.25, -0.2) is 8.42 Å². The van der Waals surface area contributed by atoms with Crippen molar-refractivity contribution in [3.63, 3.8) is 0 Å². The topological polar surface area (TPSA) is 87.7 Å². The third kappa shape index (κ3) is 5.80. The summed E-state index contributed by atoms with van der Waals surface area (Å²) >= 11 is 18.3. The molecule has 2 aromatic carbocycles. The summed E-state index contributed by atoms with van der Waals surface area (Å²) in [7, 11) is -3.82. The zero-order valence-corrected chi connectivity index (χ0v) is 21.5. The minimum atomic E-state index is -3.82. The number of nitrogens with one attached hydrogen (secondary N) is 2. The fraction of sp³-hybridized carbons (Fsp3) is 0.435. The van der Waals surface area contributed by atoms with E-state index < -0.39 is 10.0 Å². The van der Waals surface area contributed by atoms with E-state index in [1.807, 2.05) is 0 Å². The summed E-state index contributed by atoms with van der Waals surface area (Å²) in [4.78, 5) is 12.6. The normalized spacial score (nSPS) is 18.6. The Morgan fingerprint density at radius 1 is 0.971 bits per heavy atom. The van der Waals surface area contributed by atoms with Crippen LogP contribution in [0.5, 0.6) is 5.75 Å². The molecule has 2 saturated heterocycles. The predicted octanol–water partition coefficient (Wildman–Crippen LogP) is 4.36. The van der Waals surface area contributed by atoms with Gasteiger partial charge in [-0.1, -0.05) is 40.9 Å². The third-order valence-electron chi connectivity index (χ3n) is 6.09. The summed E-state index contributed by atoms with van der Waals surface area (Å²) in [5, 5.41) is 7.18. The fourth-order valence-electron chi connectivity index (χ4n) is 4.17. The molecular weight excluding hydrogens is 521 g/mol. The molecule has 0 spiro atoms. The molecule has 2 aliphatic rings. The highest BCUT2D eigenvalue weighted by atomic mass is 35.5. The molecule has 2 heterocycles. The number of carbonyl (C=O) groups excluding carboxylic acids is 1. The molecule has 34 heavy (non-hydrogen) atoms. The Bertz CT molecular complexity index is 1150. The first-order chi connectivity index (χ1) is 16.3. The van der Waals surface area contributed by atoms with Crippen molar-refractivity contribution in [2.24, 2.45) is 0 Å². The number of piperidine rings is 2. The molecule has 0 unspecified atom stereocenters. The third-order valence-corrected chi connectivity index (χ3v) is 9.05. The van der Waals surface area contributed by atoms with E-state index in [2.05, 4.69) is 10.6 Å². The van der Waals surface area contributed by atoms with Gasteiger partial charge in [-0.2, -0.15) is 4.31 Å². The maximum atomic E-state index is 13.5. The molecule has 0 aromatic heterocycles. The van der Waals surface area contributed by atoms with Gasteiger partial charge in [-0.3, -0.25) is 4.79 Å². The van der Waals surface area contributed by atoms with Gasteiger partial charge < -0.3 is 15.4 Å². The maximum absolute atomic E-state index is 13.5. The molecule has 0 saturated carbocycles. The second kappa shape index (κ2) is 11.0. The Hall–Kier alpha value is -1.55. The first-order valence-electron chi connectivity index (χ1n) is 11.2. The summed E-state index contributed by atoms with van der Waals surface area (Å²) in [6.45, 7) is 2.18. The van der Waals surface area contributed by atoms with Crippen molar-refractivity contribution in [2.45, 2.75) is 42.7 Å². The van der Waals surface area contributed by atoms with Crippen LogP contribution in [0.3, 0.4) is 0 Å². The zero-order valence-electron chi connectivity index (χ0n) is 18.4. The molecule has 2 aromatic rings. The number of halogens is 3. The minimum Gasteiger partial charge on any atom is -0.487 e. The molecule has 0 atom stereocenters. The van der Waals surface area contributed by atoms with Crippen molar-refractivity contribution in [3.05, 3.63) is 57.0 Å². The monoisotopic (exact) mass is 545 g/mol. The first-order valence-corrected chi connectivity index (χ1v) is 13.7. The van der Waals surface area contributed by atoms with Crippen LogP contribution in [0, 0.1) is 0 Å². The SMILES string of the molecule is O=C(NC1CCN(S(=O)(=O)c2cccc(Cl)c2OC2CCNCC2)CC1)c1ccc(Cl)c(Cl)c1. The molecule has 0 radical (unpaired) electrons. The van der Waals surface area contributed by atoms with Crippen molar-refractivity contribution in [2.75, 3.05) is 26.2 Å². The molecule has 11 heteroatoms. The van der Waals surface area contributed by atoms with Crippen LogP contribution in [0.2, 0.25) is 15.1 Å². The molecule has 7 nitrogen and oxygen atoms in total. The standard InChI is InChI=1S/C23H26Cl3N3O4S/c24-18-5-4-15(14-20(18)26)23(30)28-16-8-12-29(13-9-16)34(31,32)21-3-1-2-19(25)22(21)33-17-6-10-27-11-7-17/h1-5,14,16-17,27H,6-13H2,(H,28,30). The smallest absolute Gasteiger partial charge is 0.251 e. The lowest BCUT2D eigenvalue weighted by molar-refractivity contribution is 0.0924. The van der Waals surface area contributed by atoms with E-state index in [1.54, 1.807) is 24.3 Å². The number of carbonyl (C=O) groups is 1. The van der Waals surface area contributed by atoms with E-state index in [9.17, 15) is 13.2 Å². The number of benzene rings is 2. The van der Waals surface area contributed by atoms with Crippen LogP contribution < -0.4 is 15.4 Å². The van der Waals surface area contributed by atoms with E-state index in [0.29, 0.717) is 28.5 Å². The van der Waals surface area contributed by atoms with Crippen molar-refractivity contribution >= 4 is 50.7 Å². The maximum Gasteiger partial charge on any atom is 0.251 e. The zero-order chi connectivity index (χ0) is 24.3. The Balaban J connectivity index is 1.42. The second-order valence-electron chi connectivity index (χ2n) is 8.42. The molecule has 0 bridgehead atoms. The second-order valence-corrected chi connectivity index (χ2v) is 11.5. The lowest BCUT2D eigenvalue weighted by Crippen LogP contribution is -2.46. The highest BCUT2D eigenvalue weighted by Crippen LogP contribution is 2.36. The van der Waals surface area contributed by atoms with Gasteiger partial charge in [0.15, 0.2) is 5.75 Å². The quantitative estimate of drug-likeness (QED) is 0.562. The van der Waals surface area contributed by atoms with Crippen molar-refractivity contribution in [3.8, 4) is 5.75 Å². The highest BCUT2D eigenvalue weighted by molar-refractivity contribution is 7.89. The Kier molecular flexibility index (Phi) is 8.28. The minimum absolute atomic E-state index is 0.0804. The van der Waals surface area contributed by atoms with Gasteiger partial charge in [-0.05, 0) is 69.1 Å². The van der Waals surface area contributed by atoms with Crippen molar-refractivity contribution < 1.29 is 17.9 Å². The van der Waals surface area contributed by atoms with Crippen molar-refractivity contribution in [1.82, 2.24) is 14.9 Å². The van der Waals surface area contributed by atoms with Crippen LogP contribution >= 0.6 is 34.8 Å². The lowest BCUT2D eigenvalue weighted by atomic mass is 10.1. The fourth-order valence-corrected chi connectivity index (χ4v) is 6.36. The molecule has 2 aliphatic heterocycles. The summed E-state index contributed by atoms with van der Waals surface area (Å²) in [6, 6.07) is 9.33. The van der Waals surface area contributed by atoms with Crippen molar-refractivity contribution in [1.29, 1.82) is 0 Å². The van der Waals surface area contributed by atoms with Crippen LogP contribution in [0.15, 0.2) is 41.3 Å². The summed E-state index contributed by atoms with van der Waals surface area (Å²) < 4.78 is 34.5. The van der Waals surface area contributed by atoms with Crippen LogP contribution in [0.25, 0.3) is 0 Å². The van der Waals surface area contributed by atoms with Crippen LogP contribution in [-0.2, 0) is 10.0 Å². The number of nitrogens with zero attached hydrogens (tertiary/aromatic N) is 1. The Morgan fingerprint density at radius 2 is 1.68 bits per heavy atom. The number of amides is 1. The molecule has 0 aliphatic carbocycles. The van der Waals surface area contributed by atoms with Gasteiger partial charge in [0.25, 0.3) is 5.91 Å². The van der Waals surface area contributed by atoms with E-state index in [-0.39, 0.29) is 46.8 Å². The predicted molar refractivity (Wildman–Crippen MR) is 134 cm³/mol. The van der Waals surface area contributed by atoms with E-state index in [0.717, 1.165) is 25.9 Å². The first kappa shape index (κ1) is 25.5. The average Bonchev–Trinajstić information content (AvgIpc) is 2.83. The summed E-state index contributed by atoms with van der Waals surface area (Å²) in [5.74, 6) is -0.0570. The molecule has 184 valence electrons. The van der Waals surface area contributed by atoms with Gasteiger partial charge in [0.2, 0.25) is 10.0 Å². The number of hydrogen-bond donors (Lipinski definition) is 2. The number of ether oxygens (including phenoxy) is 1. The summed E-state index contributed by atoms with van der Waals surface area (Å²) in [5.41, 5.74) is 0.406. The van der Waals surface area contributed by atoms with Gasteiger partial charge in [0, 0.05) is 24.7 Å². The van der Waals surface area contributed by atoms with Gasteiger partial charge >= 0.3 is 0 Å². The van der Waals surface area contributed by atoms with Crippen LogP contribution in [0.4, 0.5) is 0 Å². The van der Waals surface area contributed by atoms with Gasteiger partial charge in [-0.15, -0.1) is 0 Å². The van der Waals surface area contributed by atoms with E-state index in [4.69, 9.17) is 39.5 Å². The highest BCUT2D eigenvalue weighted by Gasteiger charge is 2.33. The molecule has 2 N–H and O–H groups in total. The molecular formula is C23H26Cl3N3O4S. The number of hydrogen-bond acceptors (Lipinski definition) is 5. The van der Waals surface area contributed by atoms with Crippen LogP contribution in [0.1, 0.15) is 36.0 Å². The van der Waals surface area contributed by atoms with E-state index in [1.165, 1.54) is 16.4 Å². The number of sulfonamides is 1. The lowest BCUT2D eigenvalue weighted by Gasteiger charge is -2.32. The van der Waals surface area contributed by atoms with Gasteiger partial charge in [0.1, 0.15) is 11.0 Å². The summed E-state index contributed by atoms with van der Waals surface area (Å²) in [6.07, 6.45) is 2.45. The van der Waals surface area contributed by atoms with Crippen LogP contribution in [-0.4, -0.2) is 57.0 Å². The molecule has 2 fully saturated rings. The Morgan fingerprint density at radius 3 is 2.35 bits per heavy atom. The number of para-hydroxylation sites is 1. The molecule has 1 amide bonds. The average molecular weight is 547 g/mol.